The molecule has 0 saturated carbocycles. The minimum absolute atomic E-state index is 0.0588. The molecule has 1 aliphatic heterocycles. The Bertz CT molecular complexity index is 729. The van der Waals surface area contributed by atoms with E-state index in [0.717, 1.165) is 5.56 Å². The maximum absolute atomic E-state index is 12.7. The van der Waals surface area contributed by atoms with Crippen LogP contribution in [0.4, 0.5) is 0 Å². The summed E-state index contributed by atoms with van der Waals surface area (Å²) >= 11 is 0. The minimum atomic E-state index is -0.299. The third-order valence-electron chi connectivity index (χ3n) is 4.31. The fraction of sp³-hybridized carbons (Fsp3) is 0.438. The molecule has 0 aliphatic carbocycles. The van der Waals surface area contributed by atoms with E-state index in [4.69, 9.17) is 0 Å². The third kappa shape index (κ3) is 3.27. The summed E-state index contributed by atoms with van der Waals surface area (Å²) in [5, 5.41) is 14.5. The number of piperidine rings is 1. The average Bonchev–Trinajstić information content (AvgIpc) is 3.01. The van der Waals surface area contributed by atoms with Gasteiger partial charge in [-0.15, -0.1) is 10.2 Å². The molecule has 2 heterocycles. The molecule has 1 aromatic heterocycles. The molecule has 0 unspecified atom stereocenters. The van der Waals surface area contributed by atoms with Gasteiger partial charge in [0.1, 0.15) is 0 Å². The van der Waals surface area contributed by atoms with E-state index in [1.165, 1.54) is 4.80 Å². The maximum Gasteiger partial charge on any atom is 0.225 e. The number of aromatic nitrogens is 4. The molecule has 8 heteroatoms. The number of nitrogens with zero attached hydrogens (tertiary/aromatic N) is 5. The van der Waals surface area contributed by atoms with Crippen LogP contribution in [0, 0.1) is 5.92 Å². The van der Waals surface area contributed by atoms with Crippen molar-refractivity contribution in [3.63, 3.8) is 0 Å². The molecule has 2 amide bonds. The SMILES string of the molecule is CN1C(=O)CC[C@H](C(=O)NCc2nnn(C)n2)[C@@H]1c1ccccc1. The van der Waals surface area contributed by atoms with Crippen molar-refractivity contribution in [1.82, 2.24) is 30.4 Å². The Morgan fingerprint density at radius 1 is 1.29 bits per heavy atom. The summed E-state index contributed by atoms with van der Waals surface area (Å²) in [6.45, 7) is 0.225. The zero-order valence-electron chi connectivity index (χ0n) is 13.7. The molecule has 0 spiro atoms. The van der Waals surface area contributed by atoms with Gasteiger partial charge in [0.05, 0.1) is 25.6 Å². The van der Waals surface area contributed by atoms with Crippen molar-refractivity contribution in [2.24, 2.45) is 13.0 Å². The van der Waals surface area contributed by atoms with Gasteiger partial charge in [-0.2, -0.15) is 4.80 Å². The largest absolute Gasteiger partial charge is 0.348 e. The minimum Gasteiger partial charge on any atom is -0.348 e. The highest BCUT2D eigenvalue weighted by Crippen LogP contribution is 2.35. The molecule has 2 aromatic rings. The summed E-state index contributed by atoms with van der Waals surface area (Å²) in [6.07, 6.45) is 0.907. The third-order valence-corrected chi connectivity index (χ3v) is 4.31. The van der Waals surface area contributed by atoms with Crippen LogP contribution in [0.2, 0.25) is 0 Å². The quantitative estimate of drug-likeness (QED) is 0.879. The first kappa shape index (κ1) is 16.1. The van der Waals surface area contributed by atoms with Gasteiger partial charge in [0.2, 0.25) is 11.8 Å². The van der Waals surface area contributed by atoms with Crippen LogP contribution in [0.25, 0.3) is 0 Å². The van der Waals surface area contributed by atoms with Crippen LogP contribution < -0.4 is 5.32 Å². The lowest BCUT2D eigenvalue weighted by Crippen LogP contribution is -2.46. The molecule has 8 nitrogen and oxygen atoms in total. The summed E-state index contributed by atoms with van der Waals surface area (Å²) in [6, 6.07) is 9.39. The van der Waals surface area contributed by atoms with Gasteiger partial charge in [0, 0.05) is 13.5 Å². The first-order chi connectivity index (χ1) is 11.6. The van der Waals surface area contributed by atoms with Crippen molar-refractivity contribution in [2.75, 3.05) is 7.05 Å². The summed E-state index contributed by atoms with van der Waals surface area (Å²) < 4.78 is 0. The maximum atomic E-state index is 12.7. The van der Waals surface area contributed by atoms with Crippen LogP contribution >= 0.6 is 0 Å². The van der Waals surface area contributed by atoms with Gasteiger partial charge in [-0.25, -0.2) is 0 Å². The number of carbonyl (C=O) groups excluding carboxylic acids is 2. The predicted molar refractivity (Wildman–Crippen MR) is 85.3 cm³/mol. The Morgan fingerprint density at radius 3 is 2.71 bits per heavy atom. The molecule has 1 saturated heterocycles. The summed E-state index contributed by atoms with van der Waals surface area (Å²) in [5.41, 5.74) is 0.964. The molecule has 1 fully saturated rings. The Kier molecular flexibility index (Phi) is 4.54. The molecule has 126 valence electrons. The van der Waals surface area contributed by atoms with E-state index in [0.29, 0.717) is 18.7 Å². The van der Waals surface area contributed by atoms with E-state index in [-0.39, 0.29) is 30.3 Å². The number of benzene rings is 1. The van der Waals surface area contributed by atoms with Crippen LogP contribution in [0.3, 0.4) is 0 Å². The van der Waals surface area contributed by atoms with Gasteiger partial charge in [-0.05, 0) is 17.2 Å². The van der Waals surface area contributed by atoms with Crippen molar-refractivity contribution < 1.29 is 9.59 Å². The van der Waals surface area contributed by atoms with Crippen LogP contribution in [0.1, 0.15) is 30.3 Å². The monoisotopic (exact) mass is 328 g/mol. The summed E-state index contributed by atoms with van der Waals surface area (Å²) in [5.74, 6) is 0.119. The fourth-order valence-electron chi connectivity index (χ4n) is 3.11. The normalized spacial score (nSPS) is 20.9. The molecule has 0 radical (unpaired) electrons. The van der Waals surface area contributed by atoms with Crippen LogP contribution in [-0.2, 0) is 23.2 Å². The van der Waals surface area contributed by atoms with Gasteiger partial charge in [0.25, 0.3) is 0 Å². The summed E-state index contributed by atoms with van der Waals surface area (Å²) in [7, 11) is 3.43. The highest BCUT2D eigenvalue weighted by atomic mass is 16.2. The van der Waals surface area contributed by atoms with E-state index in [1.54, 1.807) is 19.0 Å². The average molecular weight is 328 g/mol. The van der Waals surface area contributed by atoms with Gasteiger partial charge >= 0.3 is 0 Å². The number of carbonyl (C=O) groups is 2. The van der Waals surface area contributed by atoms with E-state index >= 15 is 0 Å². The molecule has 3 rings (SSSR count). The number of nitrogens with one attached hydrogen (secondary N) is 1. The lowest BCUT2D eigenvalue weighted by Gasteiger charge is -2.38. The van der Waals surface area contributed by atoms with E-state index in [2.05, 4.69) is 20.7 Å². The topological polar surface area (TPSA) is 93.0 Å². The second-order valence-corrected chi connectivity index (χ2v) is 5.92. The van der Waals surface area contributed by atoms with Crippen LogP contribution in [0.5, 0.6) is 0 Å². The molecule has 1 aromatic carbocycles. The number of hydrogen-bond acceptors (Lipinski definition) is 5. The lowest BCUT2D eigenvalue weighted by molar-refractivity contribution is -0.141. The Labute approximate surface area is 139 Å². The number of hydrogen-bond donors (Lipinski definition) is 1. The Hall–Kier alpha value is -2.77. The number of aryl methyl sites for hydroxylation is 1. The Morgan fingerprint density at radius 2 is 2.04 bits per heavy atom. The molecule has 1 aliphatic rings. The van der Waals surface area contributed by atoms with Crippen LogP contribution in [-0.4, -0.2) is 44.0 Å². The molecule has 2 atom stereocenters. The van der Waals surface area contributed by atoms with Gasteiger partial charge in [0.15, 0.2) is 5.82 Å². The van der Waals surface area contributed by atoms with Gasteiger partial charge in [-0.1, -0.05) is 30.3 Å². The smallest absolute Gasteiger partial charge is 0.225 e. The van der Waals surface area contributed by atoms with Crippen molar-refractivity contribution in [2.45, 2.75) is 25.4 Å². The number of likely N-dealkylation sites (tertiary alicyclic amines) is 1. The van der Waals surface area contributed by atoms with Gasteiger partial charge < -0.3 is 10.2 Å². The predicted octanol–water partition coefficient (Wildman–Crippen LogP) is 0.436. The molecule has 24 heavy (non-hydrogen) atoms. The molecule has 1 N–H and O–H groups in total. The van der Waals surface area contributed by atoms with Crippen LogP contribution in [0.15, 0.2) is 30.3 Å². The van der Waals surface area contributed by atoms with E-state index in [9.17, 15) is 9.59 Å². The van der Waals surface area contributed by atoms with Crippen molar-refractivity contribution >= 4 is 11.8 Å². The highest BCUT2D eigenvalue weighted by molar-refractivity contribution is 5.84. The second-order valence-electron chi connectivity index (χ2n) is 5.92. The van der Waals surface area contributed by atoms with Crippen molar-refractivity contribution in [3.8, 4) is 0 Å². The number of amides is 2. The van der Waals surface area contributed by atoms with Crippen molar-refractivity contribution in [1.29, 1.82) is 0 Å². The van der Waals surface area contributed by atoms with E-state index < -0.39 is 0 Å². The highest BCUT2D eigenvalue weighted by Gasteiger charge is 2.38. The van der Waals surface area contributed by atoms with E-state index in [1.807, 2.05) is 30.3 Å². The zero-order valence-corrected chi connectivity index (χ0v) is 13.7. The second kappa shape index (κ2) is 6.77. The first-order valence-corrected chi connectivity index (χ1v) is 7.87. The molecular weight excluding hydrogens is 308 g/mol. The lowest BCUT2D eigenvalue weighted by atomic mass is 9.84. The summed E-state index contributed by atoms with van der Waals surface area (Å²) in [4.78, 5) is 27.8. The molecule has 0 bridgehead atoms. The zero-order chi connectivity index (χ0) is 17.1. The fourth-order valence-corrected chi connectivity index (χ4v) is 3.11. The van der Waals surface area contributed by atoms with Gasteiger partial charge in [-0.3, -0.25) is 9.59 Å². The van der Waals surface area contributed by atoms with Crippen molar-refractivity contribution in [3.05, 3.63) is 41.7 Å². The number of tetrazole rings is 1. The Balaban J connectivity index is 1.76. The standard InChI is InChI=1S/C16H20N6O2/c1-21-14(23)9-8-12(15(21)11-6-4-3-5-7-11)16(24)17-10-13-18-20-22(2)19-13/h3-7,12,15H,8-10H2,1-2H3,(H,17,24)/t12-,15-/m0/s1. The molecular formula is C16H20N6O2. The number of rotatable bonds is 4. The first-order valence-electron chi connectivity index (χ1n) is 7.87.